The highest BCUT2D eigenvalue weighted by Crippen LogP contribution is 2.31. The van der Waals surface area contributed by atoms with Crippen molar-refractivity contribution in [3.8, 4) is 5.75 Å². The highest BCUT2D eigenvalue weighted by atomic mass is 32.1. The molecule has 0 amide bonds. The summed E-state index contributed by atoms with van der Waals surface area (Å²) in [4.78, 5) is 1.35. The Balaban J connectivity index is 2.19. The molecule has 1 aromatic carbocycles. The zero-order valence-electron chi connectivity index (χ0n) is 10.8. The summed E-state index contributed by atoms with van der Waals surface area (Å²) in [5.41, 5.74) is 7.29. The molecule has 2 aromatic rings. The first-order chi connectivity index (χ1) is 8.68. The lowest BCUT2D eigenvalue weighted by molar-refractivity contribution is 0.414. The molecule has 0 saturated carbocycles. The Bertz CT molecular complexity index is 478. The molecule has 3 heteroatoms. The van der Waals surface area contributed by atoms with E-state index in [4.69, 9.17) is 10.5 Å². The van der Waals surface area contributed by atoms with Crippen molar-refractivity contribution in [3.05, 3.63) is 52.2 Å². The van der Waals surface area contributed by atoms with Crippen molar-refractivity contribution in [1.29, 1.82) is 0 Å². The first kappa shape index (κ1) is 13.1. The van der Waals surface area contributed by atoms with Gasteiger partial charge < -0.3 is 10.5 Å². The lowest BCUT2D eigenvalue weighted by Crippen LogP contribution is -2.33. The topological polar surface area (TPSA) is 35.2 Å². The number of nitrogens with two attached hydrogens (primary N) is 1. The summed E-state index contributed by atoms with van der Waals surface area (Å²) in [6, 6.07) is 12.5. The molecule has 2 nitrogen and oxygen atoms in total. The monoisotopic (exact) mass is 261 g/mol. The smallest absolute Gasteiger partial charge is 0.118 e. The second-order valence-corrected chi connectivity index (χ2v) is 5.71. The van der Waals surface area contributed by atoms with Gasteiger partial charge in [-0.15, -0.1) is 11.3 Å². The van der Waals surface area contributed by atoms with E-state index in [-0.39, 0.29) is 5.41 Å². The molecule has 0 aliphatic heterocycles. The SMILES string of the molecule is COc1ccc(CC(C)(CN)c2cccs2)cc1. The summed E-state index contributed by atoms with van der Waals surface area (Å²) in [6.07, 6.45) is 0.952. The van der Waals surface area contributed by atoms with E-state index in [0.717, 1.165) is 12.2 Å². The van der Waals surface area contributed by atoms with Gasteiger partial charge >= 0.3 is 0 Å². The third-order valence-electron chi connectivity index (χ3n) is 3.32. The Morgan fingerprint density at radius 2 is 1.94 bits per heavy atom. The number of methoxy groups -OCH3 is 1. The molecule has 96 valence electrons. The van der Waals surface area contributed by atoms with Crippen LogP contribution in [0.3, 0.4) is 0 Å². The van der Waals surface area contributed by atoms with Crippen molar-refractivity contribution in [1.82, 2.24) is 0 Å². The molecule has 2 rings (SSSR count). The Kier molecular flexibility index (Phi) is 4.04. The summed E-state index contributed by atoms with van der Waals surface area (Å²) >= 11 is 1.78. The molecule has 1 aromatic heterocycles. The van der Waals surface area contributed by atoms with Gasteiger partial charge in [0, 0.05) is 16.8 Å². The van der Waals surface area contributed by atoms with Gasteiger partial charge in [-0.05, 0) is 35.6 Å². The molecule has 0 bridgehead atoms. The van der Waals surface area contributed by atoms with E-state index in [1.807, 2.05) is 12.1 Å². The molecule has 0 aliphatic rings. The minimum atomic E-state index is 0.0166. The van der Waals surface area contributed by atoms with Crippen molar-refractivity contribution < 1.29 is 4.74 Å². The molecule has 1 heterocycles. The van der Waals surface area contributed by atoms with Crippen molar-refractivity contribution in [2.24, 2.45) is 5.73 Å². The second kappa shape index (κ2) is 5.55. The number of benzene rings is 1. The molecule has 0 saturated heterocycles. The van der Waals surface area contributed by atoms with Crippen molar-refractivity contribution in [3.63, 3.8) is 0 Å². The maximum absolute atomic E-state index is 5.98. The minimum absolute atomic E-state index is 0.0166. The van der Waals surface area contributed by atoms with Crippen molar-refractivity contribution >= 4 is 11.3 Å². The Morgan fingerprint density at radius 3 is 2.44 bits per heavy atom. The van der Waals surface area contributed by atoms with E-state index in [1.54, 1.807) is 18.4 Å². The number of rotatable bonds is 5. The van der Waals surface area contributed by atoms with Crippen LogP contribution in [0.15, 0.2) is 41.8 Å². The van der Waals surface area contributed by atoms with Crippen molar-refractivity contribution in [2.45, 2.75) is 18.8 Å². The number of hydrogen-bond acceptors (Lipinski definition) is 3. The van der Waals surface area contributed by atoms with Gasteiger partial charge in [0.2, 0.25) is 0 Å². The first-order valence-corrected chi connectivity index (χ1v) is 6.93. The lowest BCUT2D eigenvalue weighted by Gasteiger charge is -2.27. The highest BCUT2D eigenvalue weighted by Gasteiger charge is 2.26. The van der Waals surface area contributed by atoms with Crippen LogP contribution in [0.25, 0.3) is 0 Å². The summed E-state index contributed by atoms with van der Waals surface area (Å²) < 4.78 is 5.18. The van der Waals surface area contributed by atoms with Gasteiger partial charge in [-0.2, -0.15) is 0 Å². The van der Waals surface area contributed by atoms with E-state index in [0.29, 0.717) is 6.54 Å². The van der Waals surface area contributed by atoms with Gasteiger partial charge in [0.15, 0.2) is 0 Å². The fourth-order valence-electron chi connectivity index (χ4n) is 2.08. The second-order valence-electron chi connectivity index (χ2n) is 4.77. The third kappa shape index (κ3) is 2.74. The summed E-state index contributed by atoms with van der Waals surface area (Å²) in [5.74, 6) is 0.893. The van der Waals surface area contributed by atoms with Crippen LogP contribution in [0.5, 0.6) is 5.75 Å². The van der Waals surface area contributed by atoms with Gasteiger partial charge in [0.05, 0.1) is 7.11 Å². The largest absolute Gasteiger partial charge is 0.497 e. The fraction of sp³-hybridized carbons (Fsp3) is 0.333. The lowest BCUT2D eigenvalue weighted by atomic mass is 9.82. The van der Waals surface area contributed by atoms with Gasteiger partial charge in [-0.25, -0.2) is 0 Å². The van der Waals surface area contributed by atoms with Crippen LogP contribution in [0.1, 0.15) is 17.4 Å². The van der Waals surface area contributed by atoms with E-state index < -0.39 is 0 Å². The van der Waals surface area contributed by atoms with Gasteiger partial charge in [0.25, 0.3) is 0 Å². The molecular formula is C15H19NOS. The van der Waals surface area contributed by atoms with E-state index >= 15 is 0 Å². The van der Waals surface area contributed by atoms with Crippen LogP contribution in [0.4, 0.5) is 0 Å². The zero-order valence-corrected chi connectivity index (χ0v) is 11.7. The highest BCUT2D eigenvalue weighted by molar-refractivity contribution is 7.10. The van der Waals surface area contributed by atoms with Crippen LogP contribution in [0, 0.1) is 0 Å². The minimum Gasteiger partial charge on any atom is -0.497 e. The maximum Gasteiger partial charge on any atom is 0.118 e. The molecule has 1 unspecified atom stereocenters. The van der Waals surface area contributed by atoms with Crippen molar-refractivity contribution in [2.75, 3.05) is 13.7 Å². The molecule has 2 N–H and O–H groups in total. The third-order valence-corrected chi connectivity index (χ3v) is 4.50. The zero-order chi connectivity index (χ0) is 13.0. The van der Waals surface area contributed by atoms with Crippen LogP contribution in [-0.4, -0.2) is 13.7 Å². The van der Waals surface area contributed by atoms with Crippen LogP contribution in [0.2, 0.25) is 0 Å². The standard InChI is InChI=1S/C15H19NOS/c1-15(11-16,14-4-3-9-18-14)10-12-5-7-13(17-2)8-6-12/h3-9H,10-11,16H2,1-2H3. The number of ether oxygens (including phenoxy) is 1. The number of thiophene rings is 1. The average Bonchev–Trinajstić information content (AvgIpc) is 2.94. The first-order valence-electron chi connectivity index (χ1n) is 6.05. The molecule has 1 atom stereocenters. The molecule has 0 radical (unpaired) electrons. The number of hydrogen-bond donors (Lipinski definition) is 1. The van der Waals surface area contributed by atoms with Crippen LogP contribution >= 0.6 is 11.3 Å². The van der Waals surface area contributed by atoms with Gasteiger partial charge in [-0.1, -0.05) is 25.1 Å². The molecular weight excluding hydrogens is 242 g/mol. The van der Waals surface area contributed by atoms with Gasteiger partial charge in [-0.3, -0.25) is 0 Å². The van der Waals surface area contributed by atoms with E-state index in [2.05, 4.69) is 36.6 Å². The van der Waals surface area contributed by atoms with E-state index in [9.17, 15) is 0 Å². The summed E-state index contributed by atoms with van der Waals surface area (Å²) in [5, 5.41) is 2.11. The summed E-state index contributed by atoms with van der Waals surface area (Å²) in [6.45, 7) is 2.88. The van der Waals surface area contributed by atoms with Gasteiger partial charge in [0.1, 0.15) is 5.75 Å². The fourth-order valence-corrected chi connectivity index (χ4v) is 2.98. The quantitative estimate of drug-likeness (QED) is 0.897. The molecule has 0 aliphatic carbocycles. The molecule has 0 fully saturated rings. The predicted molar refractivity (Wildman–Crippen MR) is 77.4 cm³/mol. The predicted octanol–water partition coefficient (Wildman–Crippen LogP) is 3.22. The summed E-state index contributed by atoms with van der Waals surface area (Å²) in [7, 11) is 1.69. The van der Waals surface area contributed by atoms with Crippen LogP contribution in [-0.2, 0) is 11.8 Å². The van der Waals surface area contributed by atoms with Crippen LogP contribution < -0.4 is 10.5 Å². The Labute approximate surface area is 112 Å². The Morgan fingerprint density at radius 1 is 1.22 bits per heavy atom. The normalized spacial score (nSPS) is 14.2. The average molecular weight is 261 g/mol. The molecule has 0 spiro atoms. The van der Waals surface area contributed by atoms with E-state index in [1.165, 1.54) is 10.4 Å². The maximum atomic E-state index is 5.98. The Hall–Kier alpha value is -1.32. The molecule has 18 heavy (non-hydrogen) atoms.